The molecule has 0 amide bonds. The van der Waals surface area contributed by atoms with Crippen molar-refractivity contribution in [1.82, 2.24) is 10.3 Å². The maximum Gasteiger partial charge on any atom is 0.135 e. The van der Waals surface area contributed by atoms with Crippen molar-refractivity contribution in [2.45, 2.75) is 6.42 Å². The molecule has 17 heavy (non-hydrogen) atoms. The Morgan fingerprint density at radius 3 is 2.65 bits per heavy atom. The lowest BCUT2D eigenvalue weighted by Gasteiger charge is -2.00. The van der Waals surface area contributed by atoms with Crippen LogP contribution in [0, 0.1) is 11.6 Å². The van der Waals surface area contributed by atoms with Crippen LogP contribution in [-0.2, 0) is 6.42 Å². The molecule has 1 aromatic heterocycles. The second kappa shape index (κ2) is 5.33. The van der Waals surface area contributed by atoms with Gasteiger partial charge in [-0.3, -0.25) is 0 Å². The number of hydrogen-bond donors (Lipinski definition) is 1. The fourth-order valence-corrected chi connectivity index (χ4v) is 2.30. The van der Waals surface area contributed by atoms with E-state index >= 15 is 0 Å². The van der Waals surface area contributed by atoms with E-state index in [1.54, 1.807) is 5.38 Å². The van der Waals surface area contributed by atoms with Gasteiger partial charge < -0.3 is 5.32 Å². The predicted octanol–water partition coefficient (Wildman–Crippen LogP) is 2.85. The summed E-state index contributed by atoms with van der Waals surface area (Å²) in [6.07, 6.45) is 0.761. The summed E-state index contributed by atoms with van der Waals surface area (Å²) < 4.78 is 27.0. The largest absolute Gasteiger partial charge is 0.319 e. The molecule has 2 nitrogen and oxygen atoms in total. The van der Waals surface area contributed by atoms with Crippen molar-refractivity contribution in [2.24, 2.45) is 0 Å². The minimum Gasteiger partial charge on any atom is -0.319 e. The Morgan fingerprint density at radius 2 is 2.00 bits per heavy atom. The molecule has 0 aliphatic carbocycles. The van der Waals surface area contributed by atoms with E-state index in [1.807, 2.05) is 7.05 Å². The molecule has 0 atom stereocenters. The molecule has 0 unspecified atom stereocenters. The molecule has 2 aromatic rings. The van der Waals surface area contributed by atoms with Crippen LogP contribution in [-0.4, -0.2) is 18.6 Å². The van der Waals surface area contributed by atoms with Crippen LogP contribution in [0.4, 0.5) is 8.78 Å². The first-order valence-electron chi connectivity index (χ1n) is 5.25. The Bertz CT molecular complexity index is 491. The molecular formula is C12H12F2N2S. The lowest BCUT2D eigenvalue weighted by atomic mass is 10.1. The molecule has 90 valence electrons. The Kier molecular flexibility index (Phi) is 3.81. The molecule has 0 saturated carbocycles. The molecule has 0 aliphatic rings. The van der Waals surface area contributed by atoms with Gasteiger partial charge in [-0.1, -0.05) is 6.07 Å². The van der Waals surface area contributed by atoms with Crippen molar-refractivity contribution in [3.63, 3.8) is 0 Å². The average molecular weight is 254 g/mol. The summed E-state index contributed by atoms with van der Waals surface area (Å²) in [5.74, 6) is -1.15. The molecule has 2 rings (SSSR count). The number of likely N-dealkylation sites (N-methyl/N-ethyl adjacent to an activating group) is 1. The summed E-state index contributed by atoms with van der Waals surface area (Å²) in [6, 6.07) is 3.83. The Labute approximate surface area is 102 Å². The quantitative estimate of drug-likeness (QED) is 0.907. The number of halogens is 2. The van der Waals surface area contributed by atoms with E-state index in [-0.39, 0.29) is 5.56 Å². The fourth-order valence-electron chi connectivity index (χ4n) is 1.51. The summed E-state index contributed by atoms with van der Waals surface area (Å²) in [7, 11) is 1.85. The molecule has 1 aromatic carbocycles. The standard InChI is InChI=1S/C12H12F2N2S/c1-15-6-5-11-16-10(7-17-11)12-8(13)3-2-4-9(12)14/h2-4,7,15H,5-6H2,1H3. The van der Waals surface area contributed by atoms with E-state index in [2.05, 4.69) is 10.3 Å². The van der Waals surface area contributed by atoms with E-state index in [9.17, 15) is 8.78 Å². The van der Waals surface area contributed by atoms with Crippen LogP contribution < -0.4 is 5.32 Å². The van der Waals surface area contributed by atoms with Crippen LogP contribution in [0.1, 0.15) is 5.01 Å². The molecule has 1 heterocycles. The number of hydrogen-bond acceptors (Lipinski definition) is 3. The molecule has 0 radical (unpaired) electrons. The maximum atomic E-state index is 13.5. The lowest BCUT2D eigenvalue weighted by Crippen LogP contribution is -2.10. The number of nitrogens with one attached hydrogen (secondary N) is 1. The highest BCUT2D eigenvalue weighted by atomic mass is 32.1. The second-order valence-corrected chi connectivity index (χ2v) is 4.52. The van der Waals surface area contributed by atoms with Crippen molar-refractivity contribution in [3.05, 3.63) is 40.2 Å². The molecule has 0 bridgehead atoms. The second-order valence-electron chi connectivity index (χ2n) is 3.58. The molecule has 5 heteroatoms. The highest BCUT2D eigenvalue weighted by molar-refractivity contribution is 7.09. The van der Waals surface area contributed by atoms with Gasteiger partial charge >= 0.3 is 0 Å². The van der Waals surface area contributed by atoms with Crippen LogP contribution in [0.5, 0.6) is 0 Å². The summed E-state index contributed by atoms with van der Waals surface area (Å²) in [6.45, 7) is 0.798. The zero-order valence-corrected chi connectivity index (χ0v) is 10.2. The first kappa shape index (κ1) is 12.1. The van der Waals surface area contributed by atoms with Gasteiger partial charge in [-0.2, -0.15) is 0 Å². The summed E-state index contributed by atoms with van der Waals surface area (Å²) >= 11 is 1.42. The summed E-state index contributed by atoms with van der Waals surface area (Å²) in [5.41, 5.74) is 0.330. The predicted molar refractivity (Wildman–Crippen MR) is 65.1 cm³/mol. The SMILES string of the molecule is CNCCc1nc(-c2c(F)cccc2F)cs1. The third-order valence-electron chi connectivity index (χ3n) is 2.36. The van der Waals surface area contributed by atoms with Gasteiger partial charge in [-0.05, 0) is 19.2 Å². The van der Waals surface area contributed by atoms with Crippen molar-refractivity contribution < 1.29 is 8.78 Å². The first-order chi connectivity index (χ1) is 8.22. The summed E-state index contributed by atoms with van der Waals surface area (Å²) in [4.78, 5) is 4.24. The Hall–Kier alpha value is -1.33. The van der Waals surface area contributed by atoms with Crippen LogP contribution in [0.3, 0.4) is 0 Å². The minimum absolute atomic E-state index is 0.0422. The first-order valence-corrected chi connectivity index (χ1v) is 6.13. The molecule has 1 N–H and O–H groups in total. The van der Waals surface area contributed by atoms with Crippen LogP contribution in [0.15, 0.2) is 23.6 Å². The fraction of sp³-hybridized carbons (Fsp3) is 0.250. The number of rotatable bonds is 4. The number of aromatic nitrogens is 1. The van der Waals surface area contributed by atoms with Crippen molar-refractivity contribution in [1.29, 1.82) is 0 Å². The van der Waals surface area contributed by atoms with Gasteiger partial charge in [0.2, 0.25) is 0 Å². The van der Waals surface area contributed by atoms with Gasteiger partial charge in [0.25, 0.3) is 0 Å². The van der Waals surface area contributed by atoms with E-state index in [1.165, 1.54) is 29.5 Å². The number of thiazole rings is 1. The lowest BCUT2D eigenvalue weighted by molar-refractivity contribution is 0.589. The van der Waals surface area contributed by atoms with Crippen LogP contribution in [0.2, 0.25) is 0 Å². The van der Waals surface area contributed by atoms with Gasteiger partial charge in [0, 0.05) is 18.3 Å². The molecule has 0 fully saturated rings. The van der Waals surface area contributed by atoms with Gasteiger partial charge in [0.15, 0.2) is 0 Å². The van der Waals surface area contributed by atoms with E-state index in [0.29, 0.717) is 5.69 Å². The van der Waals surface area contributed by atoms with Crippen molar-refractivity contribution in [3.8, 4) is 11.3 Å². The average Bonchev–Trinajstić information content (AvgIpc) is 2.75. The monoisotopic (exact) mass is 254 g/mol. The smallest absolute Gasteiger partial charge is 0.135 e. The van der Waals surface area contributed by atoms with Gasteiger partial charge in [0.1, 0.15) is 11.6 Å². The molecular weight excluding hydrogens is 242 g/mol. The Morgan fingerprint density at radius 1 is 1.29 bits per heavy atom. The number of nitrogens with zero attached hydrogens (tertiary/aromatic N) is 1. The topological polar surface area (TPSA) is 24.9 Å². The maximum absolute atomic E-state index is 13.5. The number of benzene rings is 1. The van der Waals surface area contributed by atoms with E-state index in [0.717, 1.165) is 18.0 Å². The van der Waals surface area contributed by atoms with Gasteiger partial charge in [-0.25, -0.2) is 13.8 Å². The van der Waals surface area contributed by atoms with E-state index in [4.69, 9.17) is 0 Å². The Balaban J connectivity index is 2.30. The zero-order chi connectivity index (χ0) is 12.3. The third kappa shape index (κ3) is 2.68. The van der Waals surface area contributed by atoms with Crippen LogP contribution in [0.25, 0.3) is 11.3 Å². The minimum atomic E-state index is -0.574. The van der Waals surface area contributed by atoms with Gasteiger partial charge in [-0.15, -0.1) is 11.3 Å². The highest BCUT2D eigenvalue weighted by Crippen LogP contribution is 2.27. The van der Waals surface area contributed by atoms with Crippen LogP contribution >= 0.6 is 11.3 Å². The summed E-state index contributed by atoms with van der Waals surface area (Å²) in [5, 5.41) is 5.57. The highest BCUT2D eigenvalue weighted by Gasteiger charge is 2.13. The van der Waals surface area contributed by atoms with Gasteiger partial charge in [0.05, 0.1) is 16.3 Å². The van der Waals surface area contributed by atoms with E-state index < -0.39 is 11.6 Å². The van der Waals surface area contributed by atoms with Crippen molar-refractivity contribution >= 4 is 11.3 Å². The normalized spacial score (nSPS) is 10.8. The zero-order valence-electron chi connectivity index (χ0n) is 9.34. The molecule has 0 spiro atoms. The molecule has 0 saturated heterocycles. The van der Waals surface area contributed by atoms with Crippen molar-refractivity contribution in [2.75, 3.05) is 13.6 Å². The molecule has 0 aliphatic heterocycles. The third-order valence-corrected chi connectivity index (χ3v) is 3.27.